The number of hydrogen-bond donors (Lipinski definition) is 12. The zero-order valence-electron chi connectivity index (χ0n) is 49.9. The second kappa shape index (κ2) is 46.2. The van der Waals surface area contributed by atoms with Crippen molar-refractivity contribution < 1.29 is 89.4 Å². The standard InChI is InChI=1S/C64H109NO18/c1-3-5-7-9-11-13-15-17-19-21-22-23-24-26-28-30-32-34-36-38-40-42-52(70)65-47(48(69)41-39-37-35-33-31-29-27-25-20-18-16-14-12-10-8-6-4-2)46-78-62-58(76)55(73)60(50(44-67)80-62)83-64-59(77)56(74)61(51(45-68)81-64)82-63-57(75)54(72)53(71)49(43-66)79-63/h5,7,11,13,17,19,22-23,26,28,31,33,39,41,47-51,53-64,66-69,71-77H,3-4,6,8-10,12,14-16,18,20-21,24-25,27,29-30,32,34-38,40,42-46H2,1-2H3,(H,65,70)/b7-5-,13-11-,19-17-,23-22-,28-26-,33-31+,41-39+. The van der Waals surface area contributed by atoms with Crippen molar-refractivity contribution >= 4 is 5.91 Å². The summed E-state index contributed by atoms with van der Waals surface area (Å²) < 4.78 is 34.2. The van der Waals surface area contributed by atoms with Crippen molar-refractivity contribution in [1.29, 1.82) is 0 Å². The quantitative estimate of drug-likeness (QED) is 0.0233. The molecule has 3 heterocycles. The van der Waals surface area contributed by atoms with Gasteiger partial charge in [0.05, 0.1) is 38.6 Å². The lowest BCUT2D eigenvalue weighted by molar-refractivity contribution is -0.379. The van der Waals surface area contributed by atoms with E-state index in [1.807, 2.05) is 6.08 Å². The summed E-state index contributed by atoms with van der Waals surface area (Å²) in [5.41, 5.74) is 0. The zero-order valence-corrected chi connectivity index (χ0v) is 49.9. The van der Waals surface area contributed by atoms with Crippen molar-refractivity contribution in [2.24, 2.45) is 0 Å². The van der Waals surface area contributed by atoms with Gasteiger partial charge in [-0.05, 0) is 77.0 Å². The summed E-state index contributed by atoms with van der Waals surface area (Å²) in [6.45, 7) is 1.56. The van der Waals surface area contributed by atoms with E-state index < -0.39 is 124 Å². The number of aliphatic hydroxyl groups is 11. The smallest absolute Gasteiger partial charge is 0.220 e. The van der Waals surface area contributed by atoms with E-state index in [1.165, 1.54) is 64.2 Å². The first-order valence-corrected chi connectivity index (χ1v) is 31.3. The molecule has 478 valence electrons. The van der Waals surface area contributed by atoms with Gasteiger partial charge in [-0.3, -0.25) is 4.79 Å². The van der Waals surface area contributed by atoms with Crippen LogP contribution in [0.15, 0.2) is 85.1 Å². The lowest BCUT2D eigenvalue weighted by Gasteiger charge is -2.48. The Balaban J connectivity index is 1.51. The summed E-state index contributed by atoms with van der Waals surface area (Å²) in [6, 6.07) is -1.01. The minimum absolute atomic E-state index is 0.208. The van der Waals surface area contributed by atoms with Crippen molar-refractivity contribution in [1.82, 2.24) is 5.32 Å². The molecular formula is C64H109NO18. The highest BCUT2D eigenvalue weighted by Gasteiger charge is 2.53. The third-order valence-corrected chi connectivity index (χ3v) is 15.2. The Morgan fingerprint density at radius 3 is 1.35 bits per heavy atom. The number of allylic oxidation sites excluding steroid dienone is 13. The maximum atomic E-state index is 13.3. The third kappa shape index (κ3) is 29.5. The summed E-state index contributed by atoms with van der Waals surface area (Å²) in [5.74, 6) is -0.308. The predicted octanol–water partition coefficient (Wildman–Crippen LogP) is 6.37. The van der Waals surface area contributed by atoms with Crippen LogP contribution in [0.5, 0.6) is 0 Å². The topological polar surface area (TPSA) is 307 Å². The van der Waals surface area contributed by atoms with Crippen LogP contribution >= 0.6 is 0 Å². The predicted molar refractivity (Wildman–Crippen MR) is 318 cm³/mol. The minimum Gasteiger partial charge on any atom is -0.394 e. The Bertz CT molecular complexity index is 1840. The van der Waals surface area contributed by atoms with Crippen LogP contribution in [-0.2, 0) is 33.2 Å². The Hall–Kier alpha value is -3.03. The van der Waals surface area contributed by atoms with Crippen molar-refractivity contribution in [3.8, 4) is 0 Å². The monoisotopic (exact) mass is 1180 g/mol. The van der Waals surface area contributed by atoms with Gasteiger partial charge < -0.3 is 89.9 Å². The van der Waals surface area contributed by atoms with Crippen LogP contribution in [0.2, 0.25) is 0 Å². The number of unbranched alkanes of at least 4 members (excludes halogenated alkanes) is 17. The Morgan fingerprint density at radius 2 is 0.843 bits per heavy atom. The van der Waals surface area contributed by atoms with Gasteiger partial charge in [-0.2, -0.15) is 0 Å². The number of aliphatic hydroxyl groups excluding tert-OH is 11. The first-order valence-electron chi connectivity index (χ1n) is 31.3. The first kappa shape index (κ1) is 74.2. The van der Waals surface area contributed by atoms with Gasteiger partial charge in [0, 0.05) is 6.42 Å². The van der Waals surface area contributed by atoms with E-state index >= 15 is 0 Å². The van der Waals surface area contributed by atoms with E-state index in [0.717, 1.165) is 83.5 Å². The molecule has 0 aromatic carbocycles. The maximum Gasteiger partial charge on any atom is 0.220 e. The number of hydrogen-bond acceptors (Lipinski definition) is 18. The van der Waals surface area contributed by atoms with E-state index in [9.17, 15) is 61.0 Å². The lowest BCUT2D eigenvalue weighted by atomic mass is 9.96. The highest BCUT2D eigenvalue weighted by molar-refractivity contribution is 5.76. The van der Waals surface area contributed by atoms with Crippen LogP contribution in [0, 0.1) is 0 Å². The van der Waals surface area contributed by atoms with Crippen LogP contribution in [0.1, 0.15) is 181 Å². The first-order chi connectivity index (χ1) is 40.3. The van der Waals surface area contributed by atoms with Gasteiger partial charge in [-0.1, -0.05) is 182 Å². The summed E-state index contributed by atoms with van der Waals surface area (Å²) in [6.07, 6.45) is 29.8. The van der Waals surface area contributed by atoms with E-state index in [0.29, 0.717) is 12.8 Å². The second-order valence-electron chi connectivity index (χ2n) is 22.1. The molecule has 0 spiro atoms. The number of nitrogens with one attached hydrogen (secondary N) is 1. The van der Waals surface area contributed by atoms with Gasteiger partial charge in [0.15, 0.2) is 18.9 Å². The number of ether oxygens (including phenoxy) is 6. The summed E-state index contributed by atoms with van der Waals surface area (Å²) >= 11 is 0. The second-order valence-corrected chi connectivity index (χ2v) is 22.1. The number of rotatable bonds is 45. The van der Waals surface area contributed by atoms with Crippen LogP contribution in [0.25, 0.3) is 0 Å². The van der Waals surface area contributed by atoms with Crippen molar-refractivity contribution in [2.45, 2.75) is 285 Å². The Labute approximate surface area is 495 Å². The molecule has 12 N–H and O–H groups in total. The van der Waals surface area contributed by atoms with Crippen LogP contribution < -0.4 is 5.32 Å². The SMILES string of the molecule is CC/C=C\C/C=C\C/C=C\C/C=C\C/C=C\CCCCCCCC(=O)NC(COC1OC(CO)C(OC2OC(CO)C(OC3OC(CO)C(O)C(O)C3O)C(O)C2O)C(O)C1O)C(O)/C=C/CC/C=C/CCCCCCCCCCCCC. The lowest BCUT2D eigenvalue weighted by Crippen LogP contribution is -2.66. The number of carbonyl (C=O) groups is 1. The van der Waals surface area contributed by atoms with Gasteiger partial charge in [0.1, 0.15) is 73.2 Å². The summed E-state index contributed by atoms with van der Waals surface area (Å²) in [4.78, 5) is 13.3. The Kier molecular flexibility index (Phi) is 41.3. The fraction of sp³-hybridized carbons (Fsp3) is 0.766. The fourth-order valence-electron chi connectivity index (χ4n) is 10.1. The summed E-state index contributed by atoms with van der Waals surface area (Å²) in [5, 5.41) is 120. The van der Waals surface area contributed by atoms with E-state index in [4.69, 9.17) is 28.4 Å². The van der Waals surface area contributed by atoms with E-state index in [-0.39, 0.29) is 18.9 Å². The molecule has 83 heavy (non-hydrogen) atoms. The number of amides is 1. The molecule has 0 aromatic heterocycles. The van der Waals surface area contributed by atoms with Gasteiger partial charge in [0.2, 0.25) is 5.91 Å². The Morgan fingerprint density at radius 1 is 0.446 bits per heavy atom. The molecule has 0 aliphatic carbocycles. The molecule has 0 bridgehead atoms. The average molecular weight is 1180 g/mol. The number of carbonyl (C=O) groups excluding carboxylic acids is 1. The molecule has 17 unspecified atom stereocenters. The fourth-order valence-corrected chi connectivity index (χ4v) is 10.1. The molecule has 17 atom stereocenters. The zero-order chi connectivity index (χ0) is 60.5. The largest absolute Gasteiger partial charge is 0.394 e. The molecule has 3 fully saturated rings. The molecule has 1 amide bonds. The van der Waals surface area contributed by atoms with E-state index in [1.54, 1.807) is 6.08 Å². The highest BCUT2D eigenvalue weighted by Crippen LogP contribution is 2.33. The molecule has 0 radical (unpaired) electrons. The average Bonchev–Trinajstić information content (AvgIpc) is 3.34. The normalized spacial score (nSPS) is 30.0. The van der Waals surface area contributed by atoms with Gasteiger partial charge in [-0.25, -0.2) is 0 Å². The van der Waals surface area contributed by atoms with Gasteiger partial charge >= 0.3 is 0 Å². The summed E-state index contributed by atoms with van der Waals surface area (Å²) in [7, 11) is 0. The van der Waals surface area contributed by atoms with Crippen LogP contribution in [-0.4, -0.2) is 193 Å². The highest BCUT2D eigenvalue weighted by atomic mass is 16.8. The van der Waals surface area contributed by atoms with Crippen LogP contribution in [0.3, 0.4) is 0 Å². The van der Waals surface area contributed by atoms with Crippen molar-refractivity contribution in [3.63, 3.8) is 0 Å². The molecule has 0 aromatic rings. The molecule has 0 saturated carbocycles. The van der Waals surface area contributed by atoms with Crippen molar-refractivity contribution in [3.05, 3.63) is 85.1 Å². The van der Waals surface area contributed by atoms with Gasteiger partial charge in [-0.15, -0.1) is 0 Å². The van der Waals surface area contributed by atoms with Crippen molar-refractivity contribution in [2.75, 3.05) is 26.4 Å². The molecule has 19 heteroatoms. The molecular weight excluding hydrogens is 1070 g/mol. The third-order valence-electron chi connectivity index (χ3n) is 15.2. The van der Waals surface area contributed by atoms with Crippen LogP contribution in [0.4, 0.5) is 0 Å². The molecule has 3 saturated heterocycles. The molecule has 3 aliphatic rings. The van der Waals surface area contributed by atoms with E-state index in [2.05, 4.69) is 92.1 Å². The molecule has 3 aliphatic heterocycles. The maximum absolute atomic E-state index is 13.3. The minimum atomic E-state index is -1.99. The molecule has 19 nitrogen and oxygen atoms in total. The molecule has 3 rings (SSSR count). The van der Waals surface area contributed by atoms with Gasteiger partial charge in [0.25, 0.3) is 0 Å².